The first-order chi connectivity index (χ1) is 8.13. The zero-order valence-electron chi connectivity index (χ0n) is 9.74. The Morgan fingerprint density at radius 3 is 3.00 bits per heavy atom. The Bertz CT molecular complexity index is 433. The largest absolute Gasteiger partial charge is 0.481 e. The van der Waals surface area contributed by atoms with Gasteiger partial charge in [0.15, 0.2) is 0 Å². The van der Waals surface area contributed by atoms with Gasteiger partial charge >= 0.3 is 5.97 Å². The standard InChI is InChI=1S/C13H16FNO2/c1-2-3-8-7-15-11-6-9(14)4-5-10(11)12(8)13(16)17/h4-6,8,12,15H,2-3,7H2,1H3,(H,16,17). The molecule has 0 saturated heterocycles. The van der Waals surface area contributed by atoms with E-state index < -0.39 is 11.9 Å². The minimum absolute atomic E-state index is 0.0791. The highest BCUT2D eigenvalue weighted by atomic mass is 19.1. The second kappa shape index (κ2) is 4.73. The topological polar surface area (TPSA) is 49.3 Å². The van der Waals surface area contributed by atoms with Crippen LogP contribution < -0.4 is 5.32 Å². The molecule has 0 fully saturated rings. The van der Waals surface area contributed by atoms with Crippen molar-refractivity contribution in [2.75, 3.05) is 11.9 Å². The van der Waals surface area contributed by atoms with E-state index in [1.807, 2.05) is 6.92 Å². The molecule has 4 heteroatoms. The van der Waals surface area contributed by atoms with Gasteiger partial charge in [-0.15, -0.1) is 0 Å². The van der Waals surface area contributed by atoms with Crippen LogP contribution in [0.1, 0.15) is 31.2 Å². The first-order valence-electron chi connectivity index (χ1n) is 5.89. The number of rotatable bonds is 3. The van der Waals surface area contributed by atoms with Crippen molar-refractivity contribution >= 4 is 11.7 Å². The number of benzene rings is 1. The van der Waals surface area contributed by atoms with Gasteiger partial charge in [0.1, 0.15) is 5.82 Å². The van der Waals surface area contributed by atoms with Crippen molar-refractivity contribution in [3.05, 3.63) is 29.6 Å². The molecule has 0 saturated carbocycles. The number of hydrogen-bond acceptors (Lipinski definition) is 2. The molecule has 0 radical (unpaired) electrons. The third-order valence-corrected chi connectivity index (χ3v) is 3.30. The van der Waals surface area contributed by atoms with Crippen LogP contribution in [0.3, 0.4) is 0 Å². The Hall–Kier alpha value is -1.58. The normalized spacial score (nSPS) is 22.7. The van der Waals surface area contributed by atoms with Crippen molar-refractivity contribution in [1.82, 2.24) is 0 Å². The minimum atomic E-state index is -0.821. The van der Waals surface area contributed by atoms with Crippen molar-refractivity contribution in [2.45, 2.75) is 25.7 Å². The zero-order chi connectivity index (χ0) is 12.4. The first kappa shape index (κ1) is 11.9. The molecule has 0 amide bonds. The van der Waals surface area contributed by atoms with E-state index in [1.165, 1.54) is 12.1 Å². The SMILES string of the molecule is CCCC1CNc2cc(F)ccc2C1C(=O)O. The molecule has 2 rings (SSSR count). The highest BCUT2D eigenvalue weighted by molar-refractivity contribution is 5.80. The summed E-state index contributed by atoms with van der Waals surface area (Å²) in [5, 5.41) is 12.4. The van der Waals surface area contributed by atoms with Gasteiger partial charge in [0.25, 0.3) is 0 Å². The monoisotopic (exact) mass is 237 g/mol. The van der Waals surface area contributed by atoms with Gasteiger partial charge in [0.2, 0.25) is 0 Å². The summed E-state index contributed by atoms with van der Waals surface area (Å²) in [5.74, 6) is -1.60. The zero-order valence-corrected chi connectivity index (χ0v) is 9.74. The lowest BCUT2D eigenvalue weighted by molar-refractivity contribution is -0.140. The molecule has 0 spiro atoms. The predicted molar refractivity (Wildman–Crippen MR) is 63.7 cm³/mol. The van der Waals surface area contributed by atoms with E-state index in [1.54, 1.807) is 6.07 Å². The summed E-state index contributed by atoms with van der Waals surface area (Å²) in [6.45, 7) is 2.64. The number of fused-ring (bicyclic) bond motifs is 1. The maximum atomic E-state index is 13.1. The molecule has 2 atom stereocenters. The quantitative estimate of drug-likeness (QED) is 0.849. The molecule has 2 unspecified atom stereocenters. The lowest BCUT2D eigenvalue weighted by Gasteiger charge is -2.31. The van der Waals surface area contributed by atoms with Gasteiger partial charge in [-0.05, 0) is 30.0 Å². The molecule has 92 valence electrons. The number of nitrogens with one attached hydrogen (secondary N) is 1. The fourth-order valence-corrected chi connectivity index (χ4v) is 2.54. The Labute approximate surface area is 99.7 Å². The lowest BCUT2D eigenvalue weighted by Crippen LogP contribution is -2.32. The van der Waals surface area contributed by atoms with Crippen LogP contribution in [-0.2, 0) is 4.79 Å². The molecule has 1 aliphatic heterocycles. The van der Waals surface area contributed by atoms with Gasteiger partial charge in [-0.1, -0.05) is 19.4 Å². The summed E-state index contributed by atoms with van der Waals surface area (Å²) in [6.07, 6.45) is 1.81. The number of aliphatic carboxylic acids is 1. The molecule has 0 bridgehead atoms. The number of hydrogen-bond donors (Lipinski definition) is 2. The summed E-state index contributed by atoms with van der Waals surface area (Å²) in [6, 6.07) is 4.27. The van der Waals surface area contributed by atoms with E-state index in [2.05, 4.69) is 5.32 Å². The molecule has 1 aromatic carbocycles. The van der Waals surface area contributed by atoms with Gasteiger partial charge in [0, 0.05) is 12.2 Å². The number of carboxylic acids is 1. The summed E-state index contributed by atoms with van der Waals surface area (Å²) in [7, 11) is 0. The average Bonchev–Trinajstić information content (AvgIpc) is 2.28. The molecule has 1 aliphatic rings. The van der Waals surface area contributed by atoms with E-state index in [4.69, 9.17) is 0 Å². The fraction of sp³-hybridized carbons (Fsp3) is 0.462. The molecule has 3 nitrogen and oxygen atoms in total. The minimum Gasteiger partial charge on any atom is -0.481 e. The van der Waals surface area contributed by atoms with E-state index in [9.17, 15) is 14.3 Å². The Kier molecular flexibility index (Phi) is 3.31. The van der Waals surface area contributed by atoms with Crippen molar-refractivity contribution in [2.24, 2.45) is 5.92 Å². The number of carbonyl (C=O) groups is 1. The first-order valence-corrected chi connectivity index (χ1v) is 5.89. The summed E-state index contributed by atoms with van der Waals surface area (Å²) in [4.78, 5) is 11.4. The molecule has 0 aliphatic carbocycles. The van der Waals surface area contributed by atoms with Crippen molar-refractivity contribution in [3.8, 4) is 0 Å². The van der Waals surface area contributed by atoms with Crippen LogP contribution in [0.2, 0.25) is 0 Å². The highest BCUT2D eigenvalue weighted by Gasteiger charge is 2.34. The van der Waals surface area contributed by atoms with Crippen molar-refractivity contribution in [1.29, 1.82) is 0 Å². The third kappa shape index (κ3) is 2.25. The van der Waals surface area contributed by atoms with Crippen LogP contribution in [0.15, 0.2) is 18.2 Å². The molecule has 1 heterocycles. The second-order valence-corrected chi connectivity index (χ2v) is 4.48. The number of carboxylic acid groups (broad SMARTS) is 1. The van der Waals surface area contributed by atoms with Crippen LogP contribution in [0.25, 0.3) is 0 Å². The molecular weight excluding hydrogens is 221 g/mol. The average molecular weight is 237 g/mol. The second-order valence-electron chi connectivity index (χ2n) is 4.48. The molecule has 17 heavy (non-hydrogen) atoms. The Balaban J connectivity index is 2.38. The molecule has 2 N–H and O–H groups in total. The van der Waals surface area contributed by atoms with E-state index in [0.717, 1.165) is 12.8 Å². The third-order valence-electron chi connectivity index (χ3n) is 3.30. The number of halogens is 1. The van der Waals surface area contributed by atoms with Crippen LogP contribution in [-0.4, -0.2) is 17.6 Å². The fourth-order valence-electron chi connectivity index (χ4n) is 2.54. The maximum Gasteiger partial charge on any atom is 0.311 e. The van der Waals surface area contributed by atoms with Crippen molar-refractivity contribution in [3.63, 3.8) is 0 Å². The van der Waals surface area contributed by atoms with Crippen LogP contribution in [0.4, 0.5) is 10.1 Å². The molecule has 0 aromatic heterocycles. The van der Waals surface area contributed by atoms with Crippen LogP contribution in [0.5, 0.6) is 0 Å². The van der Waals surface area contributed by atoms with Gasteiger partial charge < -0.3 is 10.4 Å². The Morgan fingerprint density at radius 1 is 1.59 bits per heavy atom. The van der Waals surface area contributed by atoms with Crippen LogP contribution >= 0.6 is 0 Å². The summed E-state index contributed by atoms with van der Waals surface area (Å²) < 4.78 is 13.1. The van der Waals surface area contributed by atoms with Gasteiger partial charge in [-0.3, -0.25) is 4.79 Å². The predicted octanol–water partition coefficient (Wildman–Crippen LogP) is 2.84. The van der Waals surface area contributed by atoms with Gasteiger partial charge in [-0.2, -0.15) is 0 Å². The van der Waals surface area contributed by atoms with Gasteiger partial charge in [-0.25, -0.2) is 4.39 Å². The lowest BCUT2D eigenvalue weighted by atomic mass is 9.80. The number of anilines is 1. The molecule has 1 aromatic rings. The van der Waals surface area contributed by atoms with Crippen LogP contribution in [0, 0.1) is 11.7 Å². The van der Waals surface area contributed by atoms with E-state index >= 15 is 0 Å². The van der Waals surface area contributed by atoms with E-state index in [0.29, 0.717) is 17.8 Å². The maximum absolute atomic E-state index is 13.1. The molecular formula is C13H16FNO2. The Morgan fingerprint density at radius 2 is 2.35 bits per heavy atom. The highest BCUT2D eigenvalue weighted by Crippen LogP contribution is 2.37. The van der Waals surface area contributed by atoms with Crippen molar-refractivity contribution < 1.29 is 14.3 Å². The van der Waals surface area contributed by atoms with E-state index in [-0.39, 0.29) is 11.7 Å². The smallest absolute Gasteiger partial charge is 0.311 e. The summed E-state index contributed by atoms with van der Waals surface area (Å²) in [5.41, 5.74) is 1.31. The van der Waals surface area contributed by atoms with Gasteiger partial charge in [0.05, 0.1) is 5.92 Å². The summed E-state index contributed by atoms with van der Waals surface area (Å²) >= 11 is 0.